The van der Waals surface area contributed by atoms with Crippen molar-refractivity contribution in [3.63, 3.8) is 0 Å². The molecule has 3 heterocycles. The van der Waals surface area contributed by atoms with Crippen LogP contribution in [-0.2, 0) is 36.8 Å². The normalized spacial score (nSPS) is 21.4. The number of fused-ring (bicyclic) bond motifs is 2. The molecule has 3 aromatic rings. The highest BCUT2D eigenvalue weighted by Crippen LogP contribution is 2.26. The lowest BCUT2D eigenvalue weighted by Gasteiger charge is -2.27. The number of carbonyl (C=O) groups excluding carboxylic acids is 2. The maximum atomic E-state index is 12.1. The molecular weight excluding hydrogens is 462 g/mol. The first-order chi connectivity index (χ1) is 17.5. The predicted molar refractivity (Wildman–Crippen MR) is 133 cm³/mol. The number of hydrogen-bond donors (Lipinski definition) is 3. The lowest BCUT2D eigenvalue weighted by atomic mass is 10.1. The molecule has 9 heteroatoms. The van der Waals surface area contributed by atoms with Crippen LogP contribution >= 0.6 is 0 Å². The Bertz CT molecular complexity index is 1250. The highest BCUT2D eigenvalue weighted by Gasteiger charge is 2.43. The van der Waals surface area contributed by atoms with Gasteiger partial charge in [0.25, 0.3) is 5.91 Å². The number of amides is 1. The molecule has 3 atom stereocenters. The van der Waals surface area contributed by atoms with Gasteiger partial charge in [-0.2, -0.15) is 0 Å². The van der Waals surface area contributed by atoms with Gasteiger partial charge in [0.15, 0.2) is 12.4 Å². The molecule has 2 aliphatic rings. The van der Waals surface area contributed by atoms with Crippen molar-refractivity contribution in [2.75, 3.05) is 13.2 Å². The van der Waals surface area contributed by atoms with Crippen molar-refractivity contribution < 1.29 is 28.6 Å². The maximum Gasteiger partial charge on any atom is 0.509 e. The fourth-order valence-corrected chi connectivity index (χ4v) is 4.49. The SMILES string of the molecule is Cc1[nH]c2ccccc2c1CCNCc1ccc(/C=C/C(=O)NOC2CC3OC(=O)OC3CO2)cc1. The number of H-pyrrole nitrogens is 1. The number of rotatable bonds is 9. The highest BCUT2D eigenvalue weighted by atomic mass is 16.8. The van der Waals surface area contributed by atoms with Crippen molar-refractivity contribution in [1.82, 2.24) is 15.8 Å². The molecule has 3 unspecified atom stereocenters. The quantitative estimate of drug-likeness (QED) is 0.182. The first-order valence-electron chi connectivity index (χ1n) is 12.0. The zero-order valence-electron chi connectivity index (χ0n) is 20.0. The van der Waals surface area contributed by atoms with Gasteiger partial charge in [0.2, 0.25) is 0 Å². The van der Waals surface area contributed by atoms with Gasteiger partial charge < -0.3 is 24.5 Å². The van der Waals surface area contributed by atoms with E-state index in [0.717, 1.165) is 25.1 Å². The van der Waals surface area contributed by atoms with Crippen LogP contribution in [0, 0.1) is 6.92 Å². The summed E-state index contributed by atoms with van der Waals surface area (Å²) in [6, 6.07) is 16.4. The molecule has 0 bridgehead atoms. The van der Waals surface area contributed by atoms with Gasteiger partial charge in [-0.3, -0.25) is 4.79 Å². The topological polar surface area (TPSA) is 111 Å². The van der Waals surface area contributed by atoms with Crippen molar-refractivity contribution in [3.05, 3.63) is 77.0 Å². The van der Waals surface area contributed by atoms with Crippen LogP contribution in [0.15, 0.2) is 54.6 Å². The van der Waals surface area contributed by atoms with E-state index in [9.17, 15) is 9.59 Å². The summed E-state index contributed by atoms with van der Waals surface area (Å²) in [6.07, 6.45) is 2.09. The standard InChI is InChI=1S/C27H29N3O6/c1-17-20(21-4-2-3-5-22(21)29-17)12-13-28-15-19-8-6-18(7-9-19)10-11-25(31)30-36-26-14-23-24(16-33-26)35-27(32)34-23/h2-11,23-24,26,28-29H,12-16H2,1H3,(H,30,31)/b11-10+. The third-order valence-electron chi connectivity index (χ3n) is 6.39. The van der Waals surface area contributed by atoms with Gasteiger partial charge in [-0.1, -0.05) is 42.5 Å². The minimum absolute atomic E-state index is 0.163. The molecule has 1 aromatic heterocycles. The second-order valence-corrected chi connectivity index (χ2v) is 8.92. The number of hydroxylamine groups is 1. The van der Waals surface area contributed by atoms with Gasteiger partial charge in [0, 0.05) is 35.6 Å². The Morgan fingerprint density at radius 3 is 2.81 bits per heavy atom. The Kier molecular flexibility index (Phi) is 7.31. The number of para-hydroxylation sites is 1. The number of aromatic nitrogens is 1. The molecule has 2 aliphatic heterocycles. The molecule has 2 aromatic carbocycles. The van der Waals surface area contributed by atoms with Gasteiger partial charge in [0.1, 0.15) is 6.10 Å². The predicted octanol–water partition coefficient (Wildman–Crippen LogP) is 3.52. The van der Waals surface area contributed by atoms with Gasteiger partial charge in [0.05, 0.1) is 6.61 Å². The van der Waals surface area contributed by atoms with E-state index in [-0.39, 0.29) is 13.0 Å². The van der Waals surface area contributed by atoms with Crippen molar-refractivity contribution in [3.8, 4) is 0 Å². The summed E-state index contributed by atoms with van der Waals surface area (Å²) in [7, 11) is 0. The van der Waals surface area contributed by atoms with Gasteiger partial charge in [-0.05, 0) is 48.7 Å². The lowest BCUT2D eigenvalue weighted by molar-refractivity contribution is -0.221. The highest BCUT2D eigenvalue weighted by molar-refractivity contribution is 5.91. The second-order valence-electron chi connectivity index (χ2n) is 8.92. The van der Waals surface area contributed by atoms with E-state index in [4.69, 9.17) is 19.0 Å². The summed E-state index contributed by atoms with van der Waals surface area (Å²) in [5.41, 5.74) is 8.17. The summed E-state index contributed by atoms with van der Waals surface area (Å²) < 4.78 is 15.4. The third-order valence-corrected chi connectivity index (χ3v) is 6.39. The molecule has 0 spiro atoms. The number of aryl methyl sites for hydroxylation is 1. The fourth-order valence-electron chi connectivity index (χ4n) is 4.49. The fraction of sp³-hybridized carbons (Fsp3) is 0.333. The van der Waals surface area contributed by atoms with Gasteiger partial charge >= 0.3 is 6.16 Å². The van der Waals surface area contributed by atoms with E-state index >= 15 is 0 Å². The molecule has 1 amide bonds. The van der Waals surface area contributed by atoms with Crippen LogP contribution in [0.2, 0.25) is 0 Å². The van der Waals surface area contributed by atoms with E-state index in [1.54, 1.807) is 6.08 Å². The van der Waals surface area contributed by atoms with Crippen LogP contribution in [0.1, 0.15) is 28.8 Å². The van der Waals surface area contributed by atoms with Crippen LogP contribution in [0.5, 0.6) is 0 Å². The number of ether oxygens (including phenoxy) is 3. The van der Waals surface area contributed by atoms with Crippen molar-refractivity contribution in [1.29, 1.82) is 0 Å². The van der Waals surface area contributed by atoms with Crippen LogP contribution < -0.4 is 10.8 Å². The van der Waals surface area contributed by atoms with Crippen molar-refractivity contribution in [2.24, 2.45) is 0 Å². The smallest absolute Gasteiger partial charge is 0.427 e. The van der Waals surface area contributed by atoms with Crippen LogP contribution in [0.4, 0.5) is 4.79 Å². The molecule has 0 radical (unpaired) electrons. The number of carbonyl (C=O) groups is 2. The molecule has 2 saturated heterocycles. The molecule has 9 nitrogen and oxygen atoms in total. The average Bonchev–Trinajstić information content (AvgIpc) is 3.42. The second kappa shape index (κ2) is 10.9. The molecule has 0 saturated carbocycles. The largest absolute Gasteiger partial charge is 0.509 e. The molecule has 36 heavy (non-hydrogen) atoms. The summed E-state index contributed by atoms with van der Waals surface area (Å²) in [6.45, 7) is 3.93. The van der Waals surface area contributed by atoms with E-state index in [1.165, 1.54) is 33.8 Å². The summed E-state index contributed by atoms with van der Waals surface area (Å²) in [5.74, 6) is -0.418. The summed E-state index contributed by atoms with van der Waals surface area (Å²) in [4.78, 5) is 32.0. The monoisotopic (exact) mass is 491 g/mol. The van der Waals surface area contributed by atoms with Gasteiger partial charge in [-0.25, -0.2) is 15.1 Å². The first-order valence-corrected chi connectivity index (χ1v) is 12.0. The molecular formula is C27H29N3O6. The average molecular weight is 492 g/mol. The maximum absolute atomic E-state index is 12.1. The van der Waals surface area contributed by atoms with E-state index in [0.29, 0.717) is 0 Å². The Balaban J connectivity index is 1.02. The minimum atomic E-state index is -0.705. The first kappa shape index (κ1) is 24.1. The van der Waals surface area contributed by atoms with E-state index in [1.807, 2.05) is 30.3 Å². The molecule has 2 fully saturated rings. The van der Waals surface area contributed by atoms with Crippen LogP contribution in [0.25, 0.3) is 17.0 Å². The number of hydrogen-bond acceptors (Lipinski definition) is 7. The van der Waals surface area contributed by atoms with E-state index in [2.05, 4.69) is 40.9 Å². The molecule has 3 N–H and O–H groups in total. The summed E-state index contributed by atoms with van der Waals surface area (Å²) in [5, 5.41) is 4.79. The Morgan fingerprint density at radius 2 is 1.94 bits per heavy atom. The van der Waals surface area contributed by atoms with Crippen LogP contribution in [-0.4, -0.2) is 48.7 Å². The molecule has 5 rings (SSSR count). The van der Waals surface area contributed by atoms with Crippen LogP contribution in [0.3, 0.4) is 0 Å². The van der Waals surface area contributed by atoms with Crippen molar-refractivity contribution in [2.45, 2.75) is 44.8 Å². The Morgan fingerprint density at radius 1 is 1.14 bits per heavy atom. The lowest BCUT2D eigenvalue weighted by Crippen LogP contribution is -2.43. The Labute approximate surface area is 208 Å². The number of aromatic amines is 1. The van der Waals surface area contributed by atoms with E-state index < -0.39 is 30.6 Å². The summed E-state index contributed by atoms with van der Waals surface area (Å²) >= 11 is 0. The zero-order valence-corrected chi connectivity index (χ0v) is 20.0. The Hall–Kier alpha value is -3.66. The number of nitrogens with one attached hydrogen (secondary N) is 3. The zero-order chi connectivity index (χ0) is 24.9. The number of benzene rings is 2. The third kappa shape index (κ3) is 5.76. The van der Waals surface area contributed by atoms with Crippen molar-refractivity contribution >= 4 is 29.0 Å². The minimum Gasteiger partial charge on any atom is -0.427 e. The molecule has 0 aliphatic carbocycles. The molecule has 188 valence electrons. The van der Waals surface area contributed by atoms with Gasteiger partial charge in [-0.15, -0.1) is 0 Å².